The number of imidazole rings is 1. The Kier molecular flexibility index (Phi) is 5.31. The van der Waals surface area contributed by atoms with Gasteiger partial charge in [-0.25, -0.2) is 23.3 Å². The van der Waals surface area contributed by atoms with Crippen LogP contribution in [0.4, 0.5) is 0 Å². The van der Waals surface area contributed by atoms with Crippen LogP contribution in [0.3, 0.4) is 0 Å². The summed E-state index contributed by atoms with van der Waals surface area (Å²) >= 11 is 0. The second kappa shape index (κ2) is 7.92. The Morgan fingerprint density at radius 2 is 2.03 bits per heavy atom. The van der Waals surface area contributed by atoms with Gasteiger partial charge >= 0.3 is 5.97 Å². The molecule has 0 bridgehead atoms. The number of esters is 1. The smallest absolute Gasteiger partial charge is 0.340 e. The molecule has 156 valence electrons. The lowest BCUT2D eigenvalue weighted by molar-refractivity contribution is 0.0461. The Bertz CT molecular complexity index is 1340. The Morgan fingerprint density at radius 1 is 1.23 bits per heavy atom. The van der Waals surface area contributed by atoms with E-state index in [1.807, 2.05) is 28.8 Å². The number of carbonyl (C=O) groups excluding carboxylic acids is 1. The van der Waals surface area contributed by atoms with Crippen LogP contribution in [0.15, 0.2) is 53.6 Å². The third-order valence-electron chi connectivity index (χ3n) is 5.00. The molecule has 3 N–H and O–H groups in total. The summed E-state index contributed by atoms with van der Waals surface area (Å²) in [4.78, 5) is 20.2. The van der Waals surface area contributed by atoms with Crippen molar-refractivity contribution in [1.29, 1.82) is 0 Å². The van der Waals surface area contributed by atoms with Crippen LogP contribution in [0.25, 0.3) is 21.9 Å². The van der Waals surface area contributed by atoms with Gasteiger partial charge in [0, 0.05) is 23.6 Å². The number of benzene rings is 2. The molecular formula is C21H22N4O4S. The second-order valence-electron chi connectivity index (χ2n) is 7.05. The maximum absolute atomic E-state index is 12.6. The zero-order valence-electron chi connectivity index (χ0n) is 16.5. The van der Waals surface area contributed by atoms with Gasteiger partial charge in [0.25, 0.3) is 0 Å². The van der Waals surface area contributed by atoms with Crippen LogP contribution >= 0.6 is 0 Å². The van der Waals surface area contributed by atoms with Gasteiger partial charge in [-0.15, -0.1) is 0 Å². The number of hydrogen-bond donors (Lipinski definition) is 2. The molecule has 0 spiro atoms. The third-order valence-corrected chi connectivity index (χ3v) is 5.92. The number of aromatic amines is 1. The first-order chi connectivity index (χ1) is 14.4. The van der Waals surface area contributed by atoms with E-state index < -0.39 is 16.0 Å². The van der Waals surface area contributed by atoms with Gasteiger partial charge in [-0.3, -0.25) is 0 Å². The van der Waals surface area contributed by atoms with E-state index in [2.05, 4.69) is 16.9 Å². The topological polar surface area (TPSA) is 120 Å². The Morgan fingerprint density at radius 3 is 2.80 bits per heavy atom. The fourth-order valence-electron chi connectivity index (χ4n) is 3.46. The molecule has 0 amide bonds. The van der Waals surface area contributed by atoms with Crippen LogP contribution in [0.1, 0.15) is 35.9 Å². The van der Waals surface area contributed by atoms with Crippen molar-refractivity contribution in [3.05, 3.63) is 60.0 Å². The molecule has 0 saturated heterocycles. The van der Waals surface area contributed by atoms with Crippen molar-refractivity contribution in [3.63, 3.8) is 0 Å². The highest BCUT2D eigenvalue weighted by molar-refractivity contribution is 7.89. The van der Waals surface area contributed by atoms with E-state index in [4.69, 9.17) is 9.88 Å². The van der Waals surface area contributed by atoms with E-state index in [-0.39, 0.29) is 11.5 Å². The normalized spacial score (nSPS) is 11.9. The minimum Gasteiger partial charge on any atom is -0.454 e. The first-order valence-corrected chi connectivity index (χ1v) is 11.2. The number of aromatic nitrogens is 3. The van der Waals surface area contributed by atoms with Crippen LogP contribution < -0.4 is 5.14 Å². The number of nitrogens with zero attached hydrogens (tertiary/aromatic N) is 2. The summed E-state index contributed by atoms with van der Waals surface area (Å²) in [5.74, 6) is 0.102. The molecular weight excluding hydrogens is 404 g/mol. The van der Waals surface area contributed by atoms with E-state index in [1.54, 1.807) is 12.3 Å². The number of nitrogens with one attached hydrogen (secondary N) is 1. The van der Waals surface area contributed by atoms with Gasteiger partial charge in [0.1, 0.15) is 12.4 Å². The molecule has 30 heavy (non-hydrogen) atoms. The van der Waals surface area contributed by atoms with Crippen molar-refractivity contribution in [1.82, 2.24) is 14.5 Å². The predicted molar refractivity (Wildman–Crippen MR) is 113 cm³/mol. The summed E-state index contributed by atoms with van der Waals surface area (Å²) in [5.41, 5.74) is 2.58. The van der Waals surface area contributed by atoms with Crippen molar-refractivity contribution in [2.75, 3.05) is 0 Å². The van der Waals surface area contributed by atoms with Crippen molar-refractivity contribution >= 4 is 37.9 Å². The molecule has 4 rings (SSSR count). The van der Waals surface area contributed by atoms with Crippen LogP contribution in [0.5, 0.6) is 0 Å². The number of carbonyl (C=O) groups is 1. The molecule has 0 aliphatic heterocycles. The average Bonchev–Trinajstić information content (AvgIpc) is 3.30. The van der Waals surface area contributed by atoms with Crippen molar-refractivity contribution in [2.24, 2.45) is 5.14 Å². The summed E-state index contributed by atoms with van der Waals surface area (Å²) in [6.07, 6.45) is 3.51. The highest BCUT2D eigenvalue weighted by atomic mass is 32.2. The predicted octanol–water partition coefficient (Wildman–Crippen LogP) is 3.32. The number of unbranched alkanes of at least 4 members (excludes halogenated alkanes) is 1. The Hall–Kier alpha value is -3.17. The number of H-pyrrole nitrogens is 1. The first kappa shape index (κ1) is 20.1. The average molecular weight is 426 g/mol. The molecule has 0 fully saturated rings. The van der Waals surface area contributed by atoms with Crippen LogP contribution in [0, 0.1) is 0 Å². The first-order valence-electron chi connectivity index (χ1n) is 9.63. The number of ether oxygens (including phenoxy) is 1. The summed E-state index contributed by atoms with van der Waals surface area (Å²) < 4.78 is 30.8. The summed E-state index contributed by atoms with van der Waals surface area (Å²) in [5, 5.41) is 6.03. The summed E-state index contributed by atoms with van der Waals surface area (Å²) in [6.45, 7) is 2.73. The quantitative estimate of drug-likeness (QED) is 0.439. The van der Waals surface area contributed by atoms with Gasteiger partial charge < -0.3 is 14.3 Å². The lowest BCUT2D eigenvalue weighted by Crippen LogP contribution is -2.12. The Balaban J connectivity index is 1.64. The van der Waals surface area contributed by atoms with Crippen molar-refractivity contribution in [2.45, 2.75) is 37.8 Å². The molecule has 0 aliphatic carbocycles. The maximum Gasteiger partial charge on any atom is 0.340 e. The number of primary sulfonamides is 1. The second-order valence-corrected chi connectivity index (χ2v) is 8.61. The summed E-state index contributed by atoms with van der Waals surface area (Å²) in [7, 11) is -3.83. The van der Waals surface area contributed by atoms with Gasteiger partial charge in [0.15, 0.2) is 0 Å². The van der Waals surface area contributed by atoms with Crippen LogP contribution in [-0.4, -0.2) is 28.9 Å². The minimum atomic E-state index is -3.83. The monoisotopic (exact) mass is 426 g/mol. The van der Waals surface area contributed by atoms with Gasteiger partial charge in [0.2, 0.25) is 10.0 Å². The molecule has 8 nitrogen and oxygen atoms in total. The molecule has 2 heterocycles. The minimum absolute atomic E-state index is 0.00233. The molecule has 0 aliphatic rings. The number of fused-ring (bicyclic) bond motifs is 2. The molecule has 0 atom stereocenters. The lowest BCUT2D eigenvalue weighted by atomic mass is 10.2. The Labute approximate surface area is 173 Å². The standard InChI is InChI=1S/C21H22N4O4S/c1-2-3-10-25-19-9-8-14(30(22,27)28)11-18(19)24-20(25)13-29-21(26)16-12-23-17-7-5-4-6-15(16)17/h4-9,11-12,23H,2-3,10,13H2,1H3,(H2,22,27,28). The number of aryl methyl sites for hydroxylation is 1. The number of rotatable bonds is 7. The summed E-state index contributed by atoms with van der Waals surface area (Å²) in [6, 6.07) is 12.1. The molecule has 4 aromatic rings. The SMILES string of the molecule is CCCCn1c(COC(=O)c2c[nH]c3ccccc23)nc2cc(S(N)(=O)=O)ccc21. The third kappa shape index (κ3) is 3.81. The van der Waals surface area contributed by atoms with Gasteiger partial charge in [-0.05, 0) is 30.7 Å². The number of para-hydroxylation sites is 1. The molecule has 0 saturated carbocycles. The van der Waals surface area contributed by atoms with E-state index >= 15 is 0 Å². The van der Waals surface area contributed by atoms with Crippen molar-refractivity contribution < 1.29 is 17.9 Å². The molecule has 2 aromatic heterocycles. The van der Waals surface area contributed by atoms with E-state index in [1.165, 1.54) is 12.1 Å². The van der Waals surface area contributed by atoms with E-state index in [0.29, 0.717) is 23.4 Å². The molecule has 0 unspecified atom stereocenters. The van der Waals surface area contributed by atoms with Gasteiger partial charge in [-0.2, -0.15) is 0 Å². The number of hydrogen-bond acceptors (Lipinski definition) is 5. The highest BCUT2D eigenvalue weighted by Gasteiger charge is 2.18. The highest BCUT2D eigenvalue weighted by Crippen LogP contribution is 2.23. The van der Waals surface area contributed by atoms with Gasteiger partial charge in [0.05, 0.1) is 21.5 Å². The lowest BCUT2D eigenvalue weighted by Gasteiger charge is -2.09. The fourth-order valence-corrected chi connectivity index (χ4v) is 3.99. The number of nitrogens with two attached hydrogens (primary N) is 1. The van der Waals surface area contributed by atoms with Crippen LogP contribution in [0.2, 0.25) is 0 Å². The van der Waals surface area contributed by atoms with Crippen LogP contribution in [-0.2, 0) is 27.9 Å². The maximum atomic E-state index is 12.6. The largest absolute Gasteiger partial charge is 0.454 e. The number of sulfonamides is 1. The van der Waals surface area contributed by atoms with E-state index in [9.17, 15) is 13.2 Å². The molecule has 9 heteroatoms. The van der Waals surface area contributed by atoms with Gasteiger partial charge in [-0.1, -0.05) is 31.5 Å². The zero-order valence-corrected chi connectivity index (χ0v) is 17.3. The zero-order chi connectivity index (χ0) is 21.3. The fraction of sp³-hybridized carbons (Fsp3) is 0.238. The van der Waals surface area contributed by atoms with Crippen molar-refractivity contribution in [3.8, 4) is 0 Å². The molecule has 2 aromatic carbocycles. The molecule has 0 radical (unpaired) electrons. The van der Waals surface area contributed by atoms with E-state index in [0.717, 1.165) is 29.3 Å².